The summed E-state index contributed by atoms with van der Waals surface area (Å²) in [7, 11) is 3.04. The van der Waals surface area contributed by atoms with Crippen molar-refractivity contribution in [1.82, 2.24) is 10.2 Å². The van der Waals surface area contributed by atoms with Gasteiger partial charge in [0.05, 0.1) is 14.2 Å². The lowest BCUT2D eigenvalue weighted by Gasteiger charge is -2.33. The van der Waals surface area contributed by atoms with E-state index in [1.807, 2.05) is 0 Å². The molecule has 0 radical (unpaired) electrons. The van der Waals surface area contributed by atoms with Crippen molar-refractivity contribution in [3.63, 3.8) is 0 Å². The van der Waals surface area contributed by atoms with E-state index in [4.69, 9.17) is 9.47 Å². The lowest BCUT2D eigenvalue weighted by atomic mass is 10.1. The van der Waals surface area contributed by atoms with E-state index in [9.17, 15) is 9.59 Å². The fraction of sp³-hybridized carbons (Fsp3) is 0.429. The summed E-state index contributed by atoms with van der Waals surface area (Å²) in [6, 6.07) is 2.77. The molecule has 0 aliphatic carbocycles. The molecular weight excluding hydrogens is 340 g/mol. The maximum atomic E-state index is 12.6. The van der Waals surface area contributed by atoms with E-state index in [1.165, 1.54) is 14.2 Å². The zero-order valence-electron chi connectivity index (χ0n) is 12.1. The monoisotopic (exact) mass is 356 g/mol. The molecule has 1 fully saturated rings. The average Bonchev–Trinajstić information content (AvgIpc) is 2.49. The van der Waals surface area contributed by atoms with Crippen molar-refractivity contribution in [1.29, 1.82) is 0 Å². The second kappa shape index (κ2) is 6.34. The van der Waals surface area contributed by atoms with Gasteiger partial charge in [-0.2, -0.15) is 0 Å². The largest absolute Gasteiger partial charge is 0.495 e. The number of carbonyl (C=O) groups is 2. The summed E-state index contributed by atoms with van der Waals surface area (Å²) in [5.41, 5.74) is 0.424. The Kier molecular flexibility index (Phi) is 4.72. The quantitative estimate of drug-likeness (QED) is 0.889. The van der Waals surface area contributed by atoms with Crippen LogP contribution in [0.5, 0.6) is 11.5 Å². The number of hydrogen-bond acceptors (Lipinski definition) is 4. The Hall–Kier alpha value is -1.76. The van der Waals surface area contributed by atoms with E-state index in [2.05, 4.69) is 21.2 Å². The molecule has 1 unspecified atom stereocenters. The van der Waals surface area contributed by atoms with Gasteiger partial charge in [0.25, 0.3) is 5.91 Å². The maximum Gasteiger partial charge on any atom is 0.254 e. The minimum Gasteiger partial charge on any atom is -0.495 e. The van der Waals surface area contributed by atoms with Crippen LogP contribution in [0.2, 0.25) is 0 Å². The number of nitrogens with zero attached hydrogens (tertiary/aromatic N) is 1. The Balaban J connectivity index is 2.36. The van der Waals surface area contributed by atoms with Crippen LogP contribution in [-0.2, 0) is 4.79 Å². The number of carbonyl (C=O) groups excluding carboxylic acids is 2. The van der Waals surface area contributed by atoms with Crippen LogP contribution in [0.4, 0.5) is 0 Å². The summed E-state index contributed by atoms with van der Waals surface area (Å²) in [5.74, 6) is 0.644. The van der Waals surface area contributed by atoms with Gasteiger partial charge in [0.2, 0.25) is 5.91 Å². The Morgan fingerprint density at radius 3 is 2.43 bits per heavy atom. The fourth-order valence-corrected chi connectivity index (χ4v) is 2.77. The molecule has 1 heterocycles. The van der Waals surface area contributed by atoms with E-state index in [0.29, 0.717) is 34.6 Å². The summed E-state index contributed by atoms with van der Waals surface area (Å²) in [5, 5.41) is 2.73. The zero-order chi connectivity index (χ0) is 15.6. The van der Waals surface area contributed by atoms with E-state index < -0.39 is 6.04 Å². The molecule has 0 aromatic heterocycles. The second-order valence-electron chi connectivity index (χ2n) is 4.66. The topological polar surface area (TPSA) is 67.9 Å². The summed E-state index contributed by atoms with van der Waals surface area (Å²) in [6.07, 6.45) is 0. The smallest absolute Gasteiger partial charge is 0.254 e. The molecule has 1 saturated heterocycles. The molecule has 114 valence electrons. The number of nitrogens with one attached hydrogen (secondary N) is 1. The Bertz CT molecular complexity index is 551. The Morgan fingerprint density at radius 1 is 1.33 bits per heavy atom. The molecule has 1 aliphatic rings. The SMILES string of the molecule is COc1cc(C(=O)N2CCNC(=O)C2C)cc(OC)c1Br. The third kappa shape index (κ3) is 2.97. The average molecular weight is 357 g/mol. The van der Waals surface area contributed by atoms with Gasteiger partial charge in [-0.3, -0.25) is 9.59 Å². The van der Waals surface area contributed by atoms with Crippen molar-refractivity contribution in [3.05, 3.63) is 22.2 Å². The van der Waals surface area contributed by atoms with Crippen LogP contribution in [0.1, 0.15) is 17.3 Å². The van der Waals surface area contributed by atoms with Crippen molar-refractivity contribution >= 4 is 27.7 Å². The van der Waals surface area contributed by atoms with Crippen molar-refractivity contribution in [2.75, 3.05) is 27.3 Å². The van der Waals surface area contributed by atoms with Crippen LogP contribution in [0.25, 0.3) is 0 Å². The highest BCUT2D eigenvalue weighted by molar-refractivity contribution is 9.10. The van der Waals surface area contributed by atoms with Crippen LogP contribution >= 0.6 is 15.9 Å². The lowest BCUT2D eigenvalue weighted by Crippen LogP contribution is -2.55. The number of halogens is 1. The van der Waals surface area contributed by atoms with Crippen molar-refractivity contribution in [2.24, 2.45) is 0 Å². The van der Waals surface area contributed by atoms with Crippen molar-refractivity contribution in [3.8, 4) is 11.5 Å². The minimum absolute atomic E-state index is 0.148. The molecule has 7 heteroatoms. The molecule has 1 aromatic carbocycles. The van der Waals surface area contributed by atoms with Crippen LogP contribution in [0.3, 0.4) is 0 Å². The third-order valence-electron chi connectivity index (χ3n) is 3.45. The molecule has 2 amide bonds. The molecule has 1 aliphatic heterocycles. The van der Waals surface area contributed by atoms with Gasteiger partial charge in [-0.05, 0) is 35.0 Å². The minimum atomic E-state index is -0.494. The van der Waals surface area contributed by atoms with Crippen molar-refractivity contribution in [2.45, 2.75) is 13.0 Å². The highest BCUT2D eigenvalue weighted by atomic mass is 79.9. The summed E-state index contributed by atoms with van der Waals surface area (Å²) in [4.78, 5) is 25.8. The number of methoxy groups -OCH3 is 2. The summed E-state index contributed by atoms with van der Waals surface area (Å²) in [6.45, 7) is 2.64. The molecule has 2 rings (SSSR count). The first kappa shape index (κ1) is 15.6. The van der Waals surface area contributed by atoms with E-state index in [0.717, 1.165) is 0 Å². The highest BCUT2D eigenvalue weighted by Crippen LogP contribution is 2.36. The van der Waals surface area contributed by atoms with Crippen LogP contribution in [-0.4, -0.2) is 50.1 Å². The number of hydrogen-bond donors (Lipinski definition) is 1. The molecule has 21 heavy (non-hydrogen) atoms. The molecule has 1 N–H and O–H groups in total. The highest BCUT2D eigenvalue weighted by Gasteiger charge is 2.30. The van der Waals surface area contributed by atoms with Gasteiger partial charge >= 0.3 is 0 Å². The predicted molar refractivity (Wildman–Crippen MR) is 80.8 cm³/mol. The number of piperazine rings is 1. The maximum absolute atomic E-state index is 12.6. The van der Waals surface area contributed by atoms with Gasteiger partial charge < -0.3 is 19.7 Å². The van der Waals surface area contributed by atoms with Crippen LogP contribution in [0.15, 0.2) is 16.6 Å². The third-order valence-corrected chi connectivity index (χ3v) is 4.23. The molecule has 0 spiro atoms. The van der Waals surface area contributed by atoms with Gasteiger partial charge in [0.15, 0.2) is 0 Å². The molecule has 6 nitrogen and oxygen atoms in total. The lowest BCUT2D eigenvalue weighted by molar-refractivity contribution is -0.127. The standard InChI is InChI=1S/C14H17BrN2O4/c1-8-13(18)16-4-5-17(8)14(19)9-6-10(20-2)12(15)11(7-9)21-3/h6-8H,4-5H2,1-3H3,(H,16,18). The van der Waals surface area contributed by atoms with Crippen LogP contribution in [0, 0.1) is 0 Å². The second-order valence-corrected chi connectivity index (χ2v) is 5.45. The van der Waals surface area contributed by atoms with E-state index in [-0.39, 0.29) is 11.8 Å². The molecule has 1 aromatic rings. The molecule has 0 saturated carbocycles. The first-order chi connectivity index (χ1) is 9.99. The fourth-order valence-electron chi connectivity index (χ4n) is 2.22. The number of rotatable bonds is 3. The zero-order valence-corrected chi connectivity index (χ0v) is 13.7. The van der Waals surface area contributed by atoms with Gasteiger partial charge in [-0.25, -0.2) is 0 Å². The number of ether oxygens (including phenoxy) is 2. The van der Waals surface area contributed by atoms with Gasteiger partial charge in [-0.1, -0.05) is 0 Å². The van der Waals surface area contributed by atoms with Crippen LogP contribution < -0.4 is 14.8 Å². The number of amides is 2. The first-order valence-corrected chi connectivity index (χ1v) is 7.29. The Morgan fingerprint density at radius 2 is 1.90 bits per heavy atom. The van der Waals surface area contributed by atoms with E-state index >= 15 is 0 Å². The number of benzene rings is 1. The van der Waals surface area contributed by atoms with Gasteiger partial charge in [-0.15, -0.1) is 0 Å². The van der Waals surface area contributed by atoms with Gasteiger partial charge in [0.1, 0.15) is 22.0 Å². The normalized spacial score (nSPS) is 18.2. The first-order valence-electron chi connectivity index (χ1n) is 6.49. The Labute approximate surface area is 131 Å². The predicted octanol–water partition coefficient (Wildman–Crippen LogP) is 1.43. The molecular formula is C14H17BrN2O4. The van der Waals surface area contributed by atoms with Gasteiger partial charge in [0, 0.05) is 18.7 Å². The molecule has 1 atom stereocenters. The van der Waals surface area contributed by atoms with E-state index in [1.54, 1.807) is 24.0 Å². The summed E-state index contributed by atoms with van der Waals surface area (Å²) >= 11 is 3.36. The van der Waals surface area contributed by atoms with Crippen molar-refractivity contribution < 1.29 is 19.1 Å². The molecule has 0 bridgehead atoms. The summed E-state index contributed by atoms with van der Waals surface area (Å²) < 4.78 is 11.1.